The fourth-order valence-corrected chi connectivity index (χ4v) is 3.25. The summed E-state index contributed by atoms with van der Waals surface area (Å²) in [6.07, 6.45) is 16.5. The van der Waals surface area contributed by atoms with Gasteiger partial charge >= 0.3 is 0 Å². The molecule has 0 rings (SSSR count). The Hall–Kier alpha value is 0.0300. The van der Waals surface area contributed by atoms with Crippen LogP contribution in [0.15, 0.2) is 9.15 Å². The summed E-state index contributed by atoms with van der Waals surface area (Å²) in [6.45, 7) is 6.82. The molecule has 0 aliphatic rings. The highest BCUT2D eigenvalue weighted by atomic mass is 127. The lowest BCUT2D eigenvalue weighted by Crippen LogP contribution is -1.89. The first-order valence-corrected chi connectivity index (χ1v) is 10.2. The zero-order valence-corrected chi connectivity index (χ0v) is 16.7. The minimum absolute atomic E-state index is 1.06. The van der Waals surface area contributed by atoms with Gasteiger partial charge in [0.2, 0.25) is 0 Å². The van der Waals surface area contributed by atoms with E-state index in [1.165, 1.54) is 70.6 Å². The molecule has 0 atom stereocenters. The normalized spacial score (nSPS) is 11.8. The smallest absolute Gasteiger partial charge is 0.0126 e. The van der Waals surface area contributed by atoms with E-state index in [1.54, 1.807) is 9.15 Å². The molecule has 0 unspecified atom stereocenters. The van der Waals surface area contributed by atoms with Crippen LogP contribution in [0.4, 0.5) is 0 Å². The number of hydrogen-bond acceptors (Lipinski definition) is 0. The maximum atomic E-state index is 3.39. The monoisotopic (exact) mass is 402 g/mol. The second kappa shape index (κ2) is 16.4. The minimum Gasteiger partial charge on any atom is -0.103 e. The molecule has 0 spiro atoms. The van der Waals surface area contributed by atoms with Crippen LogP contribution in [0.2, 0.25) is 0 Å². The first-order valence-electron chi connectivity index (χ1n) is 9.08. The highest BCUT2D eigenvalue weighted by Crippen LogP contribution is 2.26. The second-order valence-corrected chi connectivity index (χ2v) is 7.18. The van der Waals surface area contributed by atoms with Crippen LogP contribution in [0.1, 0.15) is 104 Å². The molecule has 0 aromatic heterocycles. The molecule has 0 aliphatic heterocycles. The summed E-state index contributed by atoms with van der Waals surface area (Å²) in [5, 5.41) is 0. The molecule has 0 aromatic carbocycles. The molecule has 0 fully saturated rings. The van der Waals surface area contributed by atoms with Gasteiger partial charge < -0.3 is 0 Å². The van der Waals surface area contributed by atoms with Gasteiger partial charge in [0, 0.05) is 12.8 Å². The number of allylic oxidation sites excluding steroid dienone is 2. The van der Waals surface area contributed by atoms with Gasteiger partial charge in [0.1, 0.15) is 0 Å². The molecule has 0 heterocycles. The Morgan fingerprint density at radius 3 is 1.95 bits per heavy atom. The summed E-state index contributed by atoms with van der Waals surface area (Å²) in [4.78, 5) is 0. The largest absolute Gasteiger partial charge is 0.103 e. The number of hydrogen-bond donors (Lipinski definition) is 0. The summed E-state index contributed by atoms with van der Waals surface area (Å²) in [6, 6.07) is 0. The van der Waals surface area contributed by atoms with Gasteiger partial charge in [0.25, 0.3) is 0 Å². The molecule has 0 N–H and O–H groups in total. The molecule has 0 saturated carbocycles. The van der Waals surface area contributed by atoms with Gasteiger partial charge in [-0.15, -0.1) is 11.8 Å². The van der Waals surface area contributed by atoms with Crippen LogP contribution in [-0.4, -0.2) is 0 Å². The van der Waals surface area contributed by atoms with Crippen LogP contribution >= 0.6 is 22.6 Å². The Kier molecular flexibility index (Phi) is 16.4. The number of halogens is 1. The second-order valence-electron chi connectivity index (χ2n) is 5.88. The molecule has 0 aliphatic carbocycles. The van der Waals surface area contributed by atoms with Crippen molar-refractivity contribution in [1.82, 2.24) is 0 Å². The van der Waals surface area contributed by atoms with Crippen LogP contribution in [0.3, 0.4) is 0 Å². The van der Waals surface area contributed by atoms with Crippen molar-refractivity contribution in [2.45, 2.75) is 104 Å². The molecule has 21 heavy (non-hydrogen) atoms. The topological polar surface area (TPSA) is 0 Å². The Labute approximate surface area is 147 Å². The van der Waals surface area contributed by atoms with E-state index < -0.39 is 0 Å². The van der Waals surface area contributed by atoms with Gasteiger partial charge in [-0.3, -0.25) is 0 Å². The van der Waals surface area contributed by atoms with Crippen LogP contribution in [0.5, 0.6) is 0 Å². The van der Waals surface area contributed by atoms with E-state index in [4.69, 9.17) is 0 Å². The first-order chi connectivity index (χ1) is 10.3. The van der Waals surface area contributed by atoms with E-state index >= 15 is 0 Å². The molecule has 0 saturated heterocycles. The maximum Gasteiger partial charge on any atom is 0.0126 e. The Morgan fingerprint density at radius 1 is 0.667 bits per heavy atom. The summed E-state index contributed by atoms with van der Waals surface area (Å²) in [5.41, 5.74) is 1.69. The molecule has 0 nitrogen and oxygen atoms in total. The van der Waals surface area contributed by atoms with Gasteiger partial charge in [-0.1, -0.05) is 58.4 Å². The SMILES string of the molecule is CCCCCCC#CCC/C(CCCC)=C(\I)CCCC. The van der Waals surface area contributed by atoms with E-state index in [0.717, 1.165) is 12.8 Å². The Bertz CT molecular complexity index is 316. The number of unbranched alkanes of at least 4 members (excludes halogenated alkanes) is 6. The molecule has 0 bridgehead atoms. The van der Waals surface area contributed by atoms with E-state index in [2.05, 4.69) is 55.2 Å². The van der Waals surface area contributed by atoms with Crippen molar-refractivity contribution in [2.24, 2.45) is 0 Å². The van der Waals surface area contributed by atoms with Crippen molar-refractivity contribution in [3.8, 4) is 11.8 Å². The fraction of sp³-hybridized carbons (Fsp3) is 0.800. The van der Waals surface area contributed by atoms with Gasteiger partial charge in [-0.05, 0) is 64.7 Å². The summed E-state index contributed by atoms with van der Waals surface area (Å²) in [5.74, 6) is 6.76. The lowest BCUT2D eigenvalue weighted by atomic mass is 10.0. The predicted molar refractivity (Wildman–Crippen MR) is 106 cm³/mol. The first kappa shape index (κ1) is 21.0. The number of rotatable bonds is 12. The lowest BCUT2D eigenvalue weighted by molar-refractivity contribution is 0.679. The van der Waals surface area contributed by atoms with E-state index in [-0.39, 0.29) is 0 Å². The summed E-state index contributed by atoms with van der Waals surface area (Å²) in [7, 11) is 0. The third-order valence-corrected chi connectivity index (χ3v) is 5.10. The van der Waals surface area contributed by atoms with Crippen LogP contribution in [-0.2, 0) is 0 Å². The van der Waals surface area contributed by atoms with Gasteiger partial charge in [0.05, 0.1) is 0 Å². The molecule has 122 valence electrons. The van der Waals surface area contributed by atoms with Crippen molar-refractivity contribution in [1.29, 1.82) is 0 Å². The quantitative estimate of drug-likeness (QED) is 0.177. The van der Waals surface area contributed by atoms with Gasteiger partial charge in [0.15, 0.2) is 0 Å². The third kappa shape index (κ3) is 13.4. The zero-order valence-electron chi connectivity index (χ0n) is 14.6. The molecule has 1 heteroatoms. The Morgan fingerprint density at radius 2 is 1.29 bits per heavy atom. The van der Waals surface area contributed by atoms with Crippen LogP contribution in [0, 0.1) is 11.8 Å². The highest BCUT2D eigenvalue weighted by molar-refractivity contribution is 14.1. The van der Waals surface area contributed by atoms with Crippen molar-refractivity contribution in [3.63, 3.8) is 0 Å². The fourth-order valence-electron chi connectivity index (χ4n) is 2.33. The summed E-state index contributed by atoms with van der Waals surface area (Å²) >= 11 is 2.58. The van der Waals surface area contributed by atoms with E-state index in [9.17, 15) is 0 Å². The minimum atomic E-state index is 1.06. The molecule has 0 radical (unpaired) electrons. The van der Waals surface area contributed by atoms with Crippen LogP contribution in [0.25, 0.3) is 0 Å². The van der Waals surface area contributed by atoms with Crippen molar-refractivity contribution in [2.75, 3.05) is 0 Å². The Balaban J connectivity index is 4.08. The van der Waals surface area contributed by atoms with Gasteiger partial charge in [-0.25, -0.2) is 0 Å². The molecular formula is C20H35I. The third-order valence-electron chi connectivity index (χ3n) is 3.80. The molecule has 0 amide bonds. The van der Waals surface area contributed by atoms with Crippen molar-refractivity contribution < 1.29 is 0 Å². The average molecular weight is 402 g/mol. The van der Waals surface area contributed by atoms with Crippen molar-refractivity contribution in [3.05, 3.63) is 9.15 Å². The maximum absolute atomic E-state index is 3.39. The molecular weight excluding hydrogens is 367 g/mol. The lowest BCUT2D eigenvalue weighted by Gasteiger charge is -2.09. The van der Waals surface area contributed by atoms with Crippen molar-refractivity contribution >= 4 is 22.6 Å². The van der Waals surface area contributed by atoms with E-state index in [0.29, 0.717) is 0 Å². The zero-order chi connectivity index (χ0) is 15.8. The average Bonchev–Trinajstić information content (AvgIpc) is 2.50. The summed E-state index contributed by atoms with van der Waals surface area (Å²) < 4.78 is 1.62. The van der Waals surface area contributed by atoms with Gasteiger partial charge in [-0.2, -0.15) is 0 Å². The van der Waals surface area contributed by atoms with Crippen LogP contribution < -0.4 is 0 Å². The standard InChI is InChI=1S/C20H35I/c1-4-7-10-11-12-13-14-15-17-19(16-8-5-2)20(21)18-9-6-3/h4-12,15-18H2,1-3H3/b20-19-. The predicted octanol–water partition coefficient (Wildman–Crippen LogP) is 7.81. The van der Waals surface area contributed by atoms with E-state index in [1.807, 2.05) is 0 Å². The highest BCUT2D eigenvalue weighted by Gasteiger charge is 2.03. The molecule has 0 aromatic rings.